The van der Waals surface area contributed by atoms with Gasteiger partial charge >= 0.3 is 6.18 Å². The van der Waals surface area contributed by atoms with Gasteiger partial charge in [-0.1, -0.05) is 41.9 Å². The standard InChI is InChI=1S/C21H21ClF3N3O2/c22-17-7-3-1-5-15(17)13-20(30)28-11-9-27(10-12-28)14-19(29)26-18-8-4-2-6-16(18)21(23,24)25/h1-8H,9-14H2,(H,26,29). The smallest absolute Gasteiger partial charge is 0.340 e. The van der Waals surface area contributed by atoms with Crippen molar-refractivity contribution in [1.29, 1.82) is 0 Å². The summed E-state index contributed by atoms with van der Waals surface area (Å²) in [5.74, 6) is -0.575. The number of alkyl halides is 3. The van der Waals surface area contributed by atoms with Crippen LogP contribution in [0.3, 0.4) is 0 Å². The fourth-order valence-corrected chi connectivity index (χ4v) is 3.51. The Balaban J connectivity index is 1.50. The number of nitrogens with one attached hydrogen (secondary N) is 1. The van der Waals surface area contributed by atoms with Gasteiger partial charge in [0.15, 0.2) is 0 Å². The number of piperazine rings is 1. The fraction of sp³-hybridized carbons (Fsp3) is 0.333. The zero-order valence-corrected chi connectivity index (χ0v) is 16.8. The van der Waals surface area contributed by atoms with E-state index in [0.717, 1.165) is 11.6 Å². The summed E-state index contributed by atoms with van der Waals surface area (Å²) in [6, 6.07) is 12.0. The molecule has 0 spiro atoms. The largest absolute Gasteiger partial charge is 0.418 e. The number of amides is 2. The predicted octanol–water partition coefficient (Wildman–Crippen LogP) is 3.68. The highest BCUT2D eigenvalue weighted by Crippen LogP contribution is 2.34. The zero-order chi connectivity index (χ0) is 21.7. The van der Waals surface area contributed by atoms with Crippen LogP contribution in [0, 0.1) is 0 Å². The molecule has 5 nitrogen and oxygen atoms in total. The van der Waals surface area contributed by atoms with Crippen LogP contribution in [-0.2, 0) is 22.2 Å². The molecule has 1 aliphatic heterocycles. The summed E-state index contributed by atoms with van der Waals surface area (Å²) >= 11 is 6.10. The molecule has 2 amide bonds. The number of carbonyl (C=O) groups is 2. The lowest BCUT2D eigenvalue weighted by Crippen LogP contribution is -2.50. The minimum Gasteiger partial charge on any atom is -0.340 e. The molecule has 0 aliphatic carbocycles. The van der Waals surface area contributed by atoms with Crippen LogP contribution in [-0.4, -0.2) is 54.3 Å². The third-order valence-electron chi connectivity index (χ3n) is 4.90. The minimum absolute atomic E-state index is 0.0429. The third-order valence-corrected chi connectivity index (χ3v) is 5.27. The van der Waals surface area contributed by atoms with Crippen molar-refractivity contribution in [2.75, 3.05) is 38.0 Å². The number of carbonyl (C=O) groups excluding carboxylic acids is 2. The van der Waals surface area contributed by atoms with E-state index in [9.17, 15) is 22.8 Å². The summed E-state index contributed by atoms with van der Waals surface area (Å²) in [5.41, 5.74) is -0.383. The second-order valence-electron chi connectivity index (χ2n) is 7.02. The molecule has 0 radical (unpaired) electrons. The van der Waals surface area contributed by atoms with Crippen molar-refractivity contribution >= 4 is 29.1 Å². The summed E-state index contributed by atoms with van der Waals surface area (Å²) in [5, 5.41) is 2.88. The highest BCUT2D eigenvalue weighted by atomic mass is 35.5. The van der Waals surface area contributed by atoms with Crippen molar-refractivity contribution in [3.63, 3.8) is 0 Å². The maximum Gasteiger partial charge on any atom is 0.418 e. The molecular weight excluding hydrogens is 419 g/mol. The number of hydrogen-bond donors (Lipinski definition) is 1. The van der Waals surface area contributed by atoms with Crippen LogP contribution in [0.25, 0.3) is 0 Å². The minimum atomic E-state index is -4.54. The summed E-state index contributed by atoms with van der Waals surface area (Å²) in [6.45, 7) is 1.76. The lowest BCUT2D eigenvalue weighted by Gasteiger charge is -2.34. The molecule has 160 valence electrons. The van der Waals surface area contributed by atoms with Gasteiger partial charge in [0.2, 0.25) is 11.8 Å². The van der Waals surface area contributed by atoms with Gasteiger partial charge in [0.1, 0.15) is 0 Å². The van der Waals surface area contributed by atoms with Crippen LogP contribution < -0.4 is 5.32 Å². The Kier molecular flexibility index (Phi) is 6.99. The van der Waals surface area contributed by atoms with Gasteiger partial charge in [-0.2, -0.15) is 13.2 Å². The van der Waals surface area contributed by atoms with E-state index in [4.69, 9.17) is 11.6 Å². The average molecular weight is 440 g/mol. The topological polar surface area (TPSA) is 52.7 Å². The first-order valence-corrected chi connectivity index (χ1v) is 9.81. The number of anilines is 1. The first kappa shape index (κ1) is 22.1. The molecule has 0 aromatic heterocycles. The average Bonchev–Trinajstić information content (AvgIpc) is 2.70. The molecule has 3 rings (SSSR count). The van der Waals surface area contributed by atoms with Gasteiger partial charge in [-0.3, -0.25) is 14.5 Å². The van der Waals surface area contributed by atoms with Crippen LogP contribution in [0.15, 0.2) is 48.5 Å². The molecule has 1 saturated heterocycles. The lowest BCUT2D eigenvalue weighted by atomic mass is 10.1. The van der Waals surface area contributed by atoms with E-state index in [2.05, 4.69) is 5.32 Å². The number of nitrogens with zero attached hydrogens (tertiary/aromatic N) is 2. The van der Waals surface area contributed by atoms with E-state index in [1.807, 2.05) is 11.0 Å². The maximum atomic E-state index is 13.0. The lowest BCUT2D eigenvalue weighted by molar-refractivity contribution is -0.137. The Bertz CT molecular complexity index is 912. The fourth-order valence-electron chi connectivity index (χ4n) is 3.30. The molecule has 2 aromatic rings. The Morgan fingerprint density at radius 1 is 0.967 bits per heavy atom. The molecule has 9 heteroatoms. The summed E-state index contributed by atoms with van der Waals surface area (Å²) in [6.07, 6.45) is -4.34. The van der Waals surface area contributed by atoms with E-state index in [1.54, 1.807) is 23.1 Å². The van der Waals surface area contributed by atoms with Crippen LogP contribution in [0.2, 0.25) is 5.02 Å². The molecule has 0 atom stereocenters. The molecular formula is C21H21ClF3N3O2. The first-order chi connectivity index (χ1) is 14.2. The Morgan fingerprint density at radius 3 is 2.27 bits per heavy atom. The third kappa shape index (κ3) is 5.73. The van der Waals surface area contributed by atoms with E-state index in [1.165, 1.54) is 18.2 Å². The van der Waals surface area contributed by atoms with Crippen LogP contribution in [0.1, 0.15) is 11.1 Å². The molecule has 1 fully saturated rings. The van der Waals surface area contributed by atoms with Gasteiger partial charge < -0.3 is 10.2 Å². The summed E-state index contributed by atoms with van der Waals surface area (Å²) in [4.78, 5) is 28.2. The van der Waals surface area contributed by atoms with E-state index in [0.29, 0.717) is 31.2 Å². The summed E-state index contributed by atoms with van der Waals surface area (Å²) in [7, 11) is 0. The Labute approximate surface area is 177 Å². The maximum absolute atomic E-state index is 13.0. The van der Waals surface area contributed by atoms with Crippen molar-refractivity contribution < 1.29 is 22.8 Å². The van der Waals surface area contributed by atoms with Gasteiger partial charge in [-0.05, 0) is 23.8 Å². The van der Waals surface area contributed by atoms with Crippen molar-refractivity contribution in [1.82, 2.24) is 9.80 Å². The monoisotopic (exact) mass is 439 g/mol. The second kappa shape index (κ2) is 9.49. The van der Waals surface area contributed by atoms with E-state index >= 15 is 0 Å². The van der Waals surface area contributed by atoms with Crippen LogP contribution in [0.5, 0.6) is 0 Å². The van der Waals surface area contributed by atoms with Crippen LogP contribution >= 0.6 is 11.6 Å². The van der Waals surface area contributed by atoms with E-state index in [-0.39, 0.29) is 24.6 Å². The highest BCUT2D eigenvalue weighted by molar-refractivity contribution is 6.31. The highest BCUT2D eigenvalue weighted by Gasteiger charge is 2.33. The number of hydrogen-bond acceptors (Lipinski definition) is 3. The van der Waals surface area contributed by atoms with Crippen LogP contribution in [0.4, 0.5) is 18.9 Å². The number of para-hydroxylation sites is 1. The van der Waals surface area contributed by atoms with E-state index < -0.39 is 17.6 Å². The molecule has 30 heavy (non-hydrogen) atoms. The molecule has 1 N–H and O–H groups in total. The zero-order valence-electron chi connectivity index (χ0n) is 16.1. The normalized spacial score (nSPS) is 15.1. The molecule has 2 aromatic carbocycles. The number of benzene rings is 2. The number of halogens is 4. The first-order valence-electron chi connectivity index (χ1n) is 9.43. The van der Waals surface area contributed by atoms with Crippen molar-refractivity contribution in [3.05, 3.63) is 64.7 Å². The SMILES string of the molecule is O=C(CN1CCN(C(=O)Cc2ccccc2Cl)CC1)Nc1ccccc1C(F)(F)F. The number of rotatable bonds is 5. The molecule has 0 unspecified atom stereocenters. The van der Waals surface area contributed by atoms with Gasteiger partial charge in [-0.15, -0.1) is 0 Å². The molecule has 1 heterocycles. The molecule has 1 aliphatic rings. The van der Waals surface area contributed by atoms with Crippen molar-refractivity contribution in [2.45, 2.75) is 12.6 Å². The van der Waals surface area contributed by atoms with Gasteiger partial charge in [0.05, 0.1) is 24.2 Å². The Morgan fingerprint density at radius 2 is 1.60 bits per heavy atom. The van der Waals surface area contributed by atoms with Gasteiger partial charge in [0, 0.05) is 31.2 Å². The predicted molar refractivity (Wildman–Crippen MR) is 108 cm³/mol. The molecule has 0 bridgehead atoms. The van der Waals surface area contributed by atoms with Gasteiger partial charge in [0.25, 0.3) is 0 Å². The second-order valence-corrected chi connectivity index (χ2v) is 7.42. The van der Waals surface area contributed by atoms with Gasteiger partial charge in [-0.25, -0.2) is 0 Å². The molecule has 0 saturated carbocycles. The quantitative estimate of drug-likeness (QED) is 0.773. The van der Waals surface area contributed by atoms with Crippen molar-refractivity contribution in [2.24, 2.45) is 0 Å². The van der Waals surface area contributed by atoms with Crippen molar-refractivity contribution in [3.8, 4) is 0 Å². The summed E-state index contributed by atoms with van der Waals surface area (Å²) < 4.78 is 39.1. The Hall–Kier alpha value is -2.58.